The van der Waals surface area contributed by atoms with Gasteiger partial charge in [0.1, 0.15) is 23.4 Å². The van der Waals surface area contributed by atoms with E-state index in [0.717, 1.165) is 27.5 Å². The second-order valence-electron chi connectivity index (χ2n) is 8.57. The van der Waals surface area contributed by atoms with E-state index in [-0.39, 0.29) is 18.2 Å². The van der Waals surface area contributed by atoms with Crippen molar-refractivity contribution in [1.29, 1.82) is 0 Å². The van der Waals surface area contributed by atoms with Crippen molar-refractivity contribution >= 4 is 17.1 Å². The molecular formula is C25H32N4O2S. The van der Waals surface area contributed by atoms with Crippen LogP contribution in [0.2, 0.25) is 0 Å². The summed E-state index contributed by atoms with van der Waals surface area (Å²) < 4.78 is 17.6. The molecule has 0 aliphatic heterocycles. The van der Waals surface area contributed by atoms with Crippen molar-refractivity contribution in [3.8, 4) is 28.3 Å². The van der Waals surface area contributed by atoms with Crippen LogP contribution in [0.5, 0.6) is 5.75 Å². The van der Waals surface area contributed by atoms with E-state index in [4.69, 9.17) is 9.72 Å². The Morgan fingerprint density at radius 2 is 1.31 bits per heavy atom. The summed E-state index contributed by atoms with van der Waals surface area (Å²) in [4.78, 5) is 7.89. The van der Waals surface area contributed by atoms with Gasteiger partial charge in [0.25, 0.3) is 0 Å². The minimum Gasteiger partial charge on any atom is -0.612 e. The molecule has 7 heteroatoms. The van der Waals surface area contributed by atoms with Crippen LogP contribution in [0.25, 0.3) is 22.5 Å². The summed E-state index contributed by atoms with van der Waals surface area (Å²) in [5.41, 5.74) is 3.25. The third-order valence-corrected chi connectivity index (χ3v) is 5.91. The fraction of sp³-hybridized carbons (Fsp3) is 0.400. The average molecular weight is 453 g/mol. The van der Waals surface area contributed by atoms with Gasteiger partial charge in [-0.05, 0) is 101 Å². The third-order valence-electron chi connectivity index (χ3n) is 4.98. The molecule has 3 aromatic rings. The molecule has 0 saturated heterocycles. The lowest BCUT2D eigenvalue weighted by atomic mass is 10.0. The number of rotatable bonds is 8. The highest BCUT2D eigenvalue weighted by Gasteiger charge is 2.21. The van der Waals surface area contributed by atoms with Crippen LogP contribution in [0.15, 0.2) is 53.4 Å². The van der Waals surface area contributed by atoms with E-state index < -0.39 is 11.2 Å². The first-order valence-electron chi connectivity index (χ1n) is 10.9. The van der Waals surface area contributed by atoms with Gasteiger partial charge in [-0.25, -0.2) is 4.98 Å². The minimum absolute atomic E-state index is 0.108. The summed E-state index contributed by atoms with van der Waals surface area (Å²) in [6.45, 7) is 12.5. The van der Waals surface area contributed by atoms with Gasteiger partial charge >= 0.3 is 0 Å². The fourth-order valence-electron chi connectivity index (χ4n) is 3.65. The highest BCUT2D eigenvalue weighted by atomic mass is 32.2. The summed E-state index contributed by atoms with van der Waals surface area (Å²) in [7, 11) is 0. The smallest absolute Gasteiger partial charge is 0.246 e. The first kappa shape index (κ1) is 24.0. The van der Waals surface area contributed by atoms with E-state index in [0.29, 0.717) is 11.6 Å². The molecule has 0 aliphatic rings. The molecule has 2 aromatic carbocycles. The lowest BCUT2D eigenvalue weighted by Gasteiger charge is -2.30. The second-order valence-corrected chi connectivity index (χ2v) is 9.95. The van der Waals surface area contributed by atoms with Crippen LogP contribution in [0, 0.1) is 0 Å². The molecule has 0 fully saturated rings. The van der Waals surface area contributed by atoms with Crippen molar-refractivity contribution in [2.24, 2.45) is 0 Å². The van der Waals surface area contributed by atoms with E-state index in [1.807, 2.05) is 62.4 Å². The Bertz CT molecular complexity index is 1010. The highest BCUT2D eigenvalue weighted by molar-refractivity contribution is 7.90. The van der Waals surface area contributed by atoms with E-state index in [9.17, 15) is 4.55 Å². The van der Waals surface area contributed by atoms with E-state index in [1.165, 1.54) is 0 Å². The summed E-state index contributed by atoms with van der Waals surface area (Å²) in [5, 5.41) is 9.07. The van der Waals surface area contributed by atoms with E-state index in [1.54, 1.807) is 6.26 Å². The number of nitrogens with zero attached hydrogens (tertiary/aromatic N) is 4. The molecule has 32 heavy (non-hydrogen) atoms. The van der Waals surface area contributed by atoms with Crippen molar-refractivity contribution < 1.29 is 9.29 Å². The van der Waals surface area contributed by atoms with Crippen LogP contribution >= 0.6 is 0 Å². The van der Waals surface area contributed by atoms with Crippen molar-refractivity contribution in [3.05, 3.63) is 48.5 Å². The molecule has 0 saturated carbocycles. The molecule has 1 aromatic heterocycles. The maximum Gasteiger partial charge on any atom is 0.246 e. The number of ether oxygens (including phenoxy) is 1. The largest absolute Gasteiger partial charge is 0.612 e. The summed E-state index contributed by atoms with van der Waals surface area (Å²) in [6.07, 6.45) is 1.78. The van der Waals surface area contributed by atoms with Crippen molar-refractivity contribution in [3.63, 3.8) is 0 Å². The Kier molecular flexibility index (Phi) is 7.74. The topological polar surface area (TPSA) is 74.2 Å². The van der Waals surface area contributed by atoms with Crippen LogP contribution in [0.4, 0.5) is 5.95 Å². The maximum atomic E-state index is 11.8. The lowest BCUT2D eigenvalue weighted by molar-refractivity contribution is 0.242. The molecular weight excluding hydrogens is 420 g/mol. The zero-order chi connectivity index (χ0) is 23.4. The zero-order valence-corrected chi connectivity index (χ0v) is 20.7. The monoisotopic (exact) mass is 452 g/mol. The van der Waals surface area contributed by atoms with Gasteiger partial charge < -0.3 is 14.2 Å². The van der Waals surface area contributed by atoms with Crippen LogP contribution in [-0.2, 0) is 11.2 Å². The Morgan fingerprint density at radius 1 is 0.781 bits per heavy atom. The molecule has 0 radical (unpaired) electrons. The van der Waals surface area contributed by atoms with Crippen molar-refractivity contribution in [1.82, 2.24) is 15.2 Å². The van der Waals surface area contributed by atoms with Crippen LogP contribution in [-0.4, -0.2) is 44.2 Å². The van der Waals surface area contributed by atoms with Gasteiger partial charge in [0, 0.05) is 23.2 Å². The Hall–Kier alpha value is -2.64. The average Bonchev–Trinajstić information content (AvgIpc) is 2.73. The first-order chi connectivity index (χ1) is 15.2. The summed E-state index contributed by atoms with van der Waals surface area (Å²) in [5.74, 6) is 1.41. The van der Waals surface area contributed by atoms with Gasteiger partial charge in [-0.2, -0.15) is 0 Å². The number of aromatic nitrogens is 3. The van der Waals surface area contributed by atoms with Crippen LogP contribution in [0.3, 0.4) is 0 Å². The predicted molar refractivity (Wildman–Crippen MR) is 132 cm³/mol. The number of benzene rings is 2. The molecule has 1 unspecified atom stereocenters. The number of anilines is 1. The molecule has 0 bridgehead atoms. The van der Waals surface area contributed by atoms with Gasteiger partial charge in [-0.15, -0.1) is 10.2 Å². The Morgan fingerprint density at radius 3 is 1.81 bits per heavy atom. The highest BCUT2D eigenvalue weighted by Crippen LogP contribution is 2.32. The summed E-state index contributed by atoms with van der Waals surface area (Å²) >= 11 is -1.04. The first-order valence-corrected chi connectivity index (χ1v) is 12.5. The molecule has 170 valence electrons. The fourth-order valence-corrected chi connectivity index (χ4v) is 4.17. The molecule has 0 aliphatic carbocycles. The van der Waals surface area contributed by atoms with Gasteiger partial charge in [-0.3, -0.25) is 0 Å². The number of hydrogen-bond acceptors (Lipinski definition) is 6. The Balaban J connectivity index is 2.12. The maximum absolute atomic E-state index is 11.8. The molecule has 3 rings (SSSR count). The standard InChI is InChI=1S/C25H32N4O2S/c1-16(2)29(17(3)4)25-26-23(19-8-12-21(13-9-19)31-18(5)6)24(27-28-25)20-10-14-22(15-11-20)32(7)30/h8-18H,1-7H3. The second kappa shape index (κ2) is 10.3. The van der Waals surface area contributed by atoms with Gasteiger partial charge in [0.05, 0.1) is 6.10 Å². The van der Waals surface area contributed by atoms with E-state index >= 15 is 0 Å². The zero-order valence-electron chi connectivity index (χ0n) is 19.9. The van der Waals surface area contributed by atoms with E-state index in [2.05, 4.69) is 42.8 Å². The molecule has 0 N–H and O–H groups in total. The van der Waals surface area contributed by atoms with Gasteiger partial charge in [0.15, 0.2) is 4.90 Å². The molecule has 6 nitrogen and oxygen atoms in total. The summed E-state index contributed by atoms with van der Waals surface area (Å²) in [6, 6.07) is 15.9. The van der Waals surface area contributed by atoms with Crippen molar-refractivity contribution in [2.75, 3.05) is 11.2 Å². The van der Waals surface area contributed by atoms with Gasteiger partial charge in [0.2, 0.25) is 5.95 Å². The quantitative estimate of drug-likeness (QED) is 0.429. The molecule has 1 heterocycles. The normalized spacial score (nSPS) is 12.5. The minimum atomic E-state index is -1.04. The molecule has 1 atom stereocenters. The third kappa shape index (κ3) is 5.58. The Labute approximate surface area is 194 Å². The van der Waals surface area contributed by atoms with Crippen molar-refractivity contribution in [2.45, 2.75) is 64.6 Å². The SMILES string of the molecule is CC(C)Oc1ccc(-c2nc(N(C(C)C)C(C)C)nnc2-c2ccc([S+](C)[O-])cc2)cc1. The predicted octanol–water partition coefficient (Wildman–Crippen LogP) is 5.35. The van der Waals surface area contributed by atoms with Gasteiger partial charge in [-0.1, -0.05) is 0 Å². The lowest BCUT2D eigenvalue weighted by Crippen LogP contribution is -2.38. The van der Waals surface area contributed by atoms with Crippen LogP contribution < -0.4 is 9.64 Å². The number of hydrogen-bond donors (Lipinski definition) is 0. The molecule has 0 amide bonds. The molecule has 0 spiro atoms. The van der Waals surface area contributed by atoms with Crippen LogP contribution in [0.1, 0.15) is 41.5 Å².